The molecule has 1 aromatic rings. The zero-order valence-electron chi connectivity index (χ0n) is 9.85. The van der Waals surface area contributed by atoms with Gasteiger partial charge in [-0.05, 0) is 25.5 Å². The molecule has 0 aromatic carbocycles. The first kappa shape index (κ1) is 12.5. The molecular formula is C13H18N2O. The van der Waals surface area contributed by atoms with E-state index in [1.54, 1.807) is 13.1 Å². The lowest BCUT2D eigenvalue weighted by Crippen LogP contribution is -2.24. The van der Waals surface area contributed by atoms with Crippen LogP contribution in [0, 0.1) is 12.3 Å². The normalized spacial score (nSPS) is 11.9. The first-order chi connectivity index (χ1) is 7.69. The average Bonchev–Trinajstić information content (AvgIpc) is 2.29. The summed E-state index contributed by atoms with van der Waals surface area (Å²) >= 11 is 0. The number of aliphatic hydroxyl groups excluding tert-OH is 1. The Kier molecular flexibility index (Phi) is 4.81. The van der Waals surface area contributed by atoms with E-state index in [0.717, 1.165) is 18.7 Å². The third kappa shape index (κ3) is 3.25. The summed E-state index contributed by atoms with van der Waals surface area (Å²) in [6.45, 7) is 5.32. The van der Waals surface area contributed by atoms with Crippen molar-refractivity contribution in [1.29, 1.82) is 0 Å². The van der Waals surface area contributed by atoms with Gasteiger partial charge in [-0.1, -0.05) is 12.8 Å². The van der Waals surface area contributed by atoms with Gasteiger partial charge in [-0.2, -0.15) is 0 Å². The molecule has 3 heteroatoms. The van der Waals surface area contributed by atoms with Gasteiger partial charge < -0.3 is 10.0 Å². The Morgan fingerprint density at radius 1 is 1.56 bits per heavy atom. The number of anilines is 1. The number of hydrogen-bond acceptors (Lipinski definition) is 3. The van der Waals surface area contributed by atoms with E-state index in [1.165, 1.54) is 0 Å². The molecule has 16 heavy (non-hydrogen) atoms. The lowest BCUT2D eigenvalue weighted by atomic mass is 10.2. The second kappa shape index (κ2) is 6.14. The minimum atomic E-state index is -0.527. The van der Waals surface area contributed by atoms with Crippen molar-refractivity contribution in [2.45, 2.75) is 26.4 Å². The molecule has 1 rings (SSSR count). The Balaban J connectivity index is 2.81. The molecule has 0 aliphatic heterocycles. The molecule has 0 aliphatic rings. The van der Waals surface area contributed by atoms with Gasteiger partial charge in [0.1, 0.15) is 0 Å². The van der Waals surface area contributed by atoms with Gasteiger partial charge in [-0.15, -0.1) is 6.42 Å². The fourth-order valence-electron chi connectivity index (χ4n) is 1.51. The molecular weight excluding hydrogens is 200 g/mol. The number of terminal acetylenes is 1. The number of rotatable bonds is 5. The molecule has 0 fully saturated rings. The average molecular weight is 218 g/mol. The van der Waals surface area contributed by atoms with E-state index in [1.807, 2.05) is 12.1 Å². The smallest absolute Gasteiger partial charge is 0.0931 e. The van der Waals surface area contributed by atoms with Crippen molar-refractivity contribution in [3.05, 3.63) is 24.0 Å². The van der Waals surface area contributed by atoms with Crippen LogP contribution in [0.4, 0.5) is 5.69 Å². The minimum absolute atomic E-state index is 0.527. The van der Waals surface area contributed by atoms with E-state index in [4.69, 9.17) is 6.42 Å². The maximum atomic E-state index is 9.35. The zero-order chi connectivity index (χ0) is 12.0. The molecule has 3 nitrogen and oxygen atoms in total. The van der Waals surface area contributed by atoms with Crippen molar-refractivity contribution in [1.82, 2.24) is 4.98 Å². The summed E-state index contributed by atoms with van der Waals surface area (Å²) in [7, 11) is 0. The molecule has 0 spiro atoms. The maximum absolute atomic E-state index is 9.35. The van der Waals surface area contributed by atoms with E-state index in [0.29, 0.717) is 12.2 Å². The maximum Gasteiger partial charge on any atom is 0.0931 e. The molecule has 1 atom stereocenters. The Morgan fingerprint density at radius 2 is 2.31 bits per heavy atom. The summed E-state index contributed by atoms with van der Waals surface area (Å²) in [5.41, 5.74) is 1.69. The van der Waals surface area contributed by atoms with Crippen LogP contribution in [0.3, 0.4) is 0 Å². The van der Waals surface area contributed by atoms with Gasteiger partial charge >= 0.3 is 0 Å². The van der Waals surface area contributed by atoms with E-state index in [9.17, 15) is 5.11 Å². The highest BCUT2D eigenvalue weighted by Gasteiger charge is 2.06. The minimum Gasteiger partial charge on any atom is -0.387 e. The first-order valence-corrected chi connectivity index (χ1v) is 5.51. The van der Waals surface area contributed by atoms with Gasteiger partial charge in [0.2, 0.25) is 0 Å². The molecule has 0 aliphatic carbocycles. The molecule has 1 aromatic heterocycles. The summed E-state index contributed by atoms with van der Waals surface area (Å²) in [5.74, 6) is 2.64. The summed E-state index contributed by atoms with van der Waals surface area (Å²) in [5, 5.41) is 9.35. The fraction of sp³-hybridized carbons (Fsp3) is 0.462. The van der Waals surface area contributed by atoms with E-state index < -0.39 is 6.10 Å². The van der Waals surface area contributed by atoms with Crippen LogP contribution < -0.4 is 4.90 Å². The SMILES string of the molecule is C#CCN(CCC)c1ccc([C@H](C)O)nc1. The van der Waals surface area contributed by atoms with Crippen LogP contribution in [0.2, 0.25) is 0 Å². The quantitative estimate of drug-likeness (QED) is 0.768. The van der Waals surface area contributed by atoms with Crippen LogP contribution in [0.5, 0.6) is 0 Å². The molecule has 0 saturated heterocycles. The lowest BCUT2D eigenvalue weighted by molar-refractivity contribution is 0.194. The highest BCUT2D eigenvalue weighted by Crippen LogP contribution is 2.16. The number of pyridine rings is 1. The topological polar surface area (TPSA) is 36.4 Å². The van der Waals surface area contributed by atoms with Gasteiger partial charge in [0, 0.05) is 6.54 Å². The number of hydrogen-bond donors (Lipinski definition) is 1. The largest absolute Gasteiger partial charge is 0.387 e. The van der Waals surface area contributed by atoms with Crippen molar-refractivity contribution in [3.63, 3.8) is 0 Å². The standard InChI is InChI=1S/C13H18N2O/c1-4-8-15(9-5-2)12-6-7-13(11(3)16)14-10-12/h1,6-7,10-11,16H,5,8-9H2,2-3H3/t11-/m0/s1. The van der Waals surface area contributed by atoms with Gasteiger partial charge in [0.05, 0.1) is 30.2 Å². The molecule has 0 unspecified atom stereocenters. The Labute approximate surface area is 97.1 Å². The molecule has 1 N–H and O–H groups in total. The fourth-order valence-corrected chi connectivity index (χ4v) is 1.51. The van der Waals surface area contributed by atoms with Crippen LogP contribution >= 0.6 is 0 Å². The Bertz CT molecular complexity index is 351. The highest BCUT2D eigenvalue weighted by molar-refractivity contribution is 5.45. The molecule has 86 valence electrons. The Morgan fingerprint density at radius 3 is 2.75 bits per heavy atom. The zero-order valence-corrected chi connectivity index (χ0v) is 9.85. The molecule has 1 heterocycles. The van der Waals surface area contributed by atoms with Crippen LogP contribution in [0.15, 0.2) is 18.3 Å². The van der Waals surface area contributed by atoms with Crippen molar-refractivity contribution in [3.8, 4) is 12.3 Å². The van der Waals surface area contributed by atoms with E-state index >= 15 is 0 Å². The first-order valence-electron chi connectivity index (χ1n) is 5.51. The number of nitrogens with zero attached hydrogens (tertiary/aromatic N) is 2. The van der Waals surface area contributed by atoms with Crippen LogP contribution in [0.1, 0.15) is 32.1 Å². The summed E-state index contributed by atoms with van der Waals surface area (Å²) in [4.78, 5) is 6.30. The summed E-state index contributed by atoms with van der Waals surface area (Å²) in [6, 6.07) is 3.78. The van der Waals surface area contributed by atoms with Crippen LogP contribution in [-0.4, -0.2) is 23.2 Å². The number of aromatic nitrogens is 1. The highest BCUT2D eigenvalue weighted by atomic mass is 16.3. The lowest BCUT2D eigenvalue weighted by Gasteiger charge is -2.21. The Hall–Kier alpha value is -1.53. The molecule has 0 radical (unpaired) electrons. The van der Waals surface area contributed by atoms with Crippen molar-refractivity contribution < 1.29 is 5.11 Å². The van der Waals surface area contributed by atoms with Crippen molar-refractivity contribution in [2.24, 2.45) is 0 Å². The third-order valence-corrected chi connectivity index (χ3v) is 2.34. The monoisotopic (exact) mass is 218 g/mol. The van der Waals surface area contributed by atoms with Crippen molar-refractivity contribution in [2.75, 3.05) is 18.0 Å². The summed E-state index contributed by atoms with van der Waals surface area (Å²) < 4.78 is 0. The van der Waals surface area contributed by atoms with Gasteiger partial charge in [-0.3, -0.25) is 4.98 Å². The van der Waals surface area contributed by atoms with Crippen molar-refractivity contribution >= 4 is 5.69 Å². The van der Waals surface area contributed by atoms with Gasteiger partial charge in [0.25, 0.3) is 0 Å². The van der Waals surface area contributed by atoms with Crippen LogP contribution in [-0.2, 0) is 0 Å². The van der Waals surface area contributed by atoms with Crippen LogP contribution in [0.25, 0.3) is 0 Å². The van der Waals surface area contributed by atoms with E-state index in [-0.39, 0.29) is 0 Å². The molecule has 0 bridgehead atoms. The third-order valence-electron chi connectivity index (χ3n) is 2.34. The second-order valence-electron chi connectivity index (χ2n) is 3.74. The van der Waals surface area contributed by atoms with E-state index in [2.05, 4.69) is 22.7 Å². The molecule has 0 amide bonds. The predicted octanol–water partition coefficient (Wildman–Crippen LogP) is 1.98. The predicted molar refractivity (Wildman–Crippen MR) is 66.2 cm³/mol. The molecule has 0 saturated carbocycles. The van der Waals surface area contributed by atoms with Gasteiger partial charge in [0.15, 0.2) is 0 Å². The number of aliphatic hydroxyl groups is 1. The summed E-state index contributed by atoms with van der Waals surface area (Å²) in [6.07, 6.45) is 7.60. The second-order valence-corrected chi connectivity index (χ2v) is 3.74. The van der Waals surface area contributed by atoms with Gasteiger partial charge in [-0.25, -0.2) is 0 Å².